The van der Waals surface area contributed by atoms with Crippen molar-refractivity contribution < 1.29 is 22.0 Å². The van der Waals surface area contributed by atoms with Crippen molar-refractivity contribution in [3.8, 4) is 0 Å². The first-order valence-electron chi connectivity index (χ1n) is 4.10. The Hall–Kier alpha value is -1.34. The van der Waals surface area contributed by atoms with E-state index in [2.05, 4.69) is 10.4 Å². The highest BCUT2D eigenvalue weighted by molar-refractivity contribution is 5.52. The Labute approximate surface area is 80.7 Å². The molecular weight excluding hydrogens is 221 g/mol. The second-order valence-electron chi connectivity index (χ2n) is 3.17. The standard InChI is InChI=1S/C7H6F5N3/c8-6(9,7(10,11)12)4-3-1-2-13-5(3)15-14-4/h1-2H2,(H2,13,14,15). The van der Waals surface area contributed by atoms with Crippen LogP contribution in [0.1, 0.15) is 11.3 Å². The lowest BCUT2D eigenvalue weighted by molar-refractivity contribution is -0.291. The number of nitrogens with zero attached hydrogens (tertiary/aromatic N) is 1. The summed E-state index contributed by atoms with van der Waals surface area (Å²) in [6.45, 7) is 0.327. The fourth-order valence-corrected chi connectivity index (χ4v) is 1.46. The molecule has 0 bridgehead atoms. The highest BCUT2D eigenvalue weighted by Gasteiger charge is 2.61. The van der Waals surface area contributed by atoms with Crippen LogP contribution in [0.2, 0.25) is 0 Å². The number of fused-ring (bicyclic) bond motifs is 1. The second-order valence-corrected chi connectivity index (χ2v) is 3.17. The van der Waals surface area contributed by atoms with Crippen LogP contribution < -0.4 is 5.32 Å². The van der Waals surface area contributed by atoms with Gasteiger partial charge in [0.25, 0.3) is 0 Å². The molecule has 1 aromatic rings. The van der Waals surface area contributed by atoms with Crippen LogP contribution in [0.4, 0.5) is 27.8 Å². The number of H-pyrrole nitrogens is 1. The van der Waals surface area contributed by atoms with E-state index in [1.165, 1.54) is 0 Å². The highest BCUT2D eigenvalue weighted by atomic mass is 19.4. The van der Waals surface area contributed by atoms with Gasteiger partial charge in [-0.3, -0.25) is 5.10 Å². The average Bonchev–Trinajstić information content (AvgIpc) is 2.58. The minimum atomic E-state index is -5.60. The van der Waals surface area contributed by atoms with Crippen molar-refractivity contribution >= 4 is 5.82 Å². The van der Waals surface area contributed by atoms with Crippen LogP contribution in [0.3, 0.4) is 0 Å². The van der Waals surface area contributed by atoms with Gasteiger partial charge in [-0.15, -0.1) is 0 Å². The number of halogens is 5. The summed E-state index contributed by atoms with van der Waals surface area (Å²) in [6, 6.07) is 0. The van der Waals surface area contributed by atoms with E-state index in [-0.39, 0.29) is 17.8 Å². The zero-order valence-electron chi connectivity index (χ0n) is 7.25. The van der Waals surface area contributed by atoms with Crippen molar-refractivity contribution in [2.45, 2.75) is 18.5 Å². The number of hydrogen-bond donors (Lipinski definition) is 2. The highest BCUT2D eigenvalue weighted by Crippen LogP contribution is 2.45. The Balaban J connectivity index is 2.46. The largest absolute Gasteiger partial charge is 0.459 e. The van der Waals surface area contributed by atoms with E-state index in [1.807, 2.05) is 0 Å². The maximum Gasteiger partial charge on any atom is 0.459 e. The summed E-state index contributed by atoms with van der Waals surface area (Å²) in [5.41, 5.74) is -1.24. The van der Waals surface area contributed by atoms with E-state index in [0.717, 1.165) is 0 Å². The predicted octanol–water partition coefficient (Wildman–Crippen LogP) is 2.03. The van der Waals surface area contributed by atoms with Crippen LogP contribution in [-0.4, -0.2) is 22.9 Å². The molecular formula is C7H6F5N3. The normalized spacial score (nSPS) is 16.3. The molecule has 0 aromatic carbocycles. The van der Waals surface area contributed by atoms with E-state index in [4.69, 9.17) is 0 Å². The number of alkyl halides is 5. The Morgan fingerprint density at radius 1 is 1.13 bits per heavy atom. The van der Waals surface area contributed by atoms with Crippen molar-refractivity contribution in [2.75, 3.05) is 11.9 Å². The van der Waals surface area contributed by atoms with E-state index in [9.17, 15) is 22.0 Å². The second kappa shape index (κ2) is 2.83. The van der Waals surface area contributed by atoms with Gasteiger partial charge in [-0.05, 0) is 6.42 Å². The summed E-state index contributed by atoms with van der Waals surface area (Å²) in [7, 11) is 0. The molecule has 84 valence electrons. The first-order chi connectivity index (χ1) is 6.84. The molecule has 0 spiro atoms. The van der Waals surface area contributed by atoms with Gasteiger partial charge < -0.3 is 5.32 Å². The van der Waals surface area contributed by atoms with Gasteiger partial charge in [0, 0.05) is 12.1 Å². The number of hydrogen-bond acceptors (Lipinski definition) is 2. The molecule has 0 radical (unpaired) electrons. The molecule has 15 heavy (non-hydrogen) atoms. The number of anilines is 1. The Morgan fingerprint density at radius 3 is 2.40 bits per heavy atom. The minimum absolute atomic E-state index is 0.0777. The van der Waals surface area contributed by atoms with Crippen molar-refractivity contribution in [1.82, 2.24) is 10.2 Å². The van der Waals surface area contributed by atoms with Gasteiger partial charge in [0.05, 0.1) is 0 Å². The summed E-state index contributed by atoms with van der Waals surface area (Å²) < 4.78 is 62.0. The lowest BCUT2D eigenvalue weighted by Gasteiger charge is -2.18. The summed E-state index contributed by atoms with van der Waals surface area (Å²) in [4.78, 5) is 0. The Morgan fingerprint density at radius 2 is 1.80 bits per heavy atom. The van der Waals surface area contributed by atoms with Gasteiger partial charge in [-0.25, -0.2) is 0 Å². The van der Waals surface area contributed by atoms with Gasteiger partial charge in [0.1, 0.15) is 5.69 Å². The average molecular weight is 227 g/mol. The van der Waals surface area contributed by atoms with Crippen LogP contribution >= 0.6 is 0 Å². The quantitative estimate of drug-likeness (QED) is 0.720. The molecule has 0 fully saturated rings. The SMILES string of the molecule is FC(F)(F)C(F)(F)c1[nH]nc2c1CCN2. The van der Waals surface area contributed by atoms with Gasteiger partial charge in [0.15, 0.2) is 5.82 Å². The lowest BCUT2D eigenvalue weighted by Crippen LogP contribution is -2.34. The lowest BCUT2D eigenvalue weighted by atomic mass is 10.1. The molecule has 0 atom stereocenters. The molecule has 8 heteroatoms. The molecule has 3 nitrogen and oxygen atoms in total. The number of aromatic amines is 1. The number of nitrogens with one attached hydrogen (secondary N) is 2. The van der Waals surface area contributed by atoms with Gasteiger partial charge in [-0.1, -0.05) is 0 Å². The van der Waals surface area contributed by atoms with Crippen molar-refractivity contribution in [1.29, 1.82) is 0 Å². The summed E-state index contributed by atoms with van der Waals surface area (Å²) in [6.07, 6.45) is -5.48. The first kappa shape index (κ1) is 10.2. The van der Waals surface area contributed by atoms with E-state index >= 15 is 0 Å². The topological polar surface area (TPSA) is 40.7 Å². The minimum Gasteiger partial charge on any atom is -0.368 e. The van der Waals surface area contributed by atoms with Crippen molar-refractivity contribution in [2.24, 2.45) is 0 Å². The zero-order chi connectivity index (χ0) is 11.3. The molecule has 1 aliphatic heterocycles. The van der Waals surface area contributed by atoms with Crippen LogP contribution in [-0.2, 0) is 12.3 Å². The van der Waals surface area contributed by atoms with Crippen LogP contribution in [0.25, 0.3) is 0 Å². The molecule has 0 aliphatic carbocycles. The molecule has 1 aliphatic rings. The van der Waals surface area contributed by atoms with E-state index in [0.29, 0.717) is 6.54 Å². The van der Waals surface area contributed by atoms with Gasteiger partial charge in [0.2, 0.25) is 0 Å². The van der Waals surface area contributed by atoms with Gasteiger partial charge in [-0.2, -0.15) is 27.1 Å². The van der Waals surface area contributed by atoms with E-state index < -0.39 is 17.8 Å². The van der Waals surface area contributed by atoms with Crippen LogP contribution in [0.15, 0.2) is 0 Å². The Kier molecular flexibility index (Phi) is 1.92. The van der Waals surface area contributed by atoms with Gasteiger partial charge >= 0.3 is 12.1 Å². The number of rotatable bonds is 1. The first-order valence-corrected chi connectivity index (χ1v) is 4.10. The van der Waals surface area contributed by atoms with Crippen LogP contribution in [0.5, 0.6) is 0 Å². The maximum atomic E-state index is 12.9. The van der Waals surface area contributed by atoms with Crippen LogP contribution in [0, 0.1) is 0 Å². The molecule has 2 heterocycles. The summed E-state index contributed by atoms with van der Waals surface area (Å²) in [5, 5.41) is 7.70. The third-order valence-corrected chi connectivity index (χ3v) is 2.20. The molecule has 2 N–H and O–H groups in total. The smallest absolute Gasteiger partial charge is 0.368 e. The molecule has 2 rings (SSSR count). The van der Waals surface area contributed by atoms with Crippen molar-refractivity contribution in [3.05, 3.63) is 11.3 Å². The monoisotopic (exact) mass is 227 g/mol. The third kappa shape index (κ3) is 1.35. The summed E-state index contributed by atoms with van der Waals surface area (Å²) >= 11 is 0. The fourth-order valence-electron chi connectivity index (χ4n) is 1.46. The zero-order valence-corrected chi connectivity index (χ0v) is 7.25. The molecule has 0 amide bonds. The molecule has 0 saturated heterocycles. The van der Waals surface area contributed by atoms with E-state index in [1.54, 1.807) is 5.10 Å². The summed E-state index contributed by atoms with van der Waals surface area (Å²) in [5.74, 6) is -4.80. The molecule has 0 saturated carbocycles. The maximum absolute atomic E-state index is 12.9. The fraction of sp³-hybridized carbons (Fsp3) is 0.571. The van der Waals surface area contributed by atoms with Crippen molar-refractivity contribution in [3.63, 3.8) is 0 Å². The predicted molar refractivity (Wildman–Crippen MR) is 40.7 cm³/mol. The third-order valence-electron chi connectivity index (χ3n) is 2.20. The molecule has 0 unspecified atom stereocenters. The Bertz CT molecular complexity index is 380. The number of aromatic nitrogens is 2. The molecule has 1 aromatic heterocycles.